The Hall–Kier alpha value is -0.860. The molecule has 2 rings (SSSR count). The van der Waals surface area contributed by atoms with Crippen molar-refractivity contribution in [1.29, 1.82) is 0 Å². The first-order valence-electron chi connectivity index (χ1n) is 3.92. The predicted octanol–water partition coefficient (Wildman–Crippen LogP) is 3.93. The lowest BCUT2D eigenvalue weighted by Gasteiger charge is -1.94. The minimum absolute atomic E-state index is 1.04. The van der Waals surface area contributed by atoms with E-state index in [9.17, 15) is 0 Å². The Kier molecular flexibility index (Phi) is 2.62. The summed E-state index contributed by atoms with van der Waals surface area (Å²) in [7, 11) is 6.85. The van der Waals surface area contributed by atoms with Crippen LogP contribution < -0.4 is 0 Å². The van der Waals surface area contributed by atoms with E-state index in [0.29, 0.717) is 0 Å². The van der Waals surface area contributed by atoms with Crippen LogP contribution in [0.2, 0.25) is 0 Å². The Bertz CT molecular complexity index is 383. The minimum Gasteiger partial charge on any atom is -0.360 e. The Morgan fingerprint density at radius 1 is 1.15 bits per heavy atom. The van der Waals surface area contributed by atoms with Crippen LogP contribution in [0.4, 0.5) is 0 Å². The highest BCUT2D eigenvalue weighted by Crippen LogP contribution is 2.26. The lowest BCUT2D eigenvalue weighted by atomic mass is 10.2. The van der Waals surface area contributed by atoms with Crippen LogP contribution in [0.25, 0.3) is 11.3 Å². The van der Waals surface area contributed by atoms with Gasteiger partial charge in [-0.3, -0.25) is 0 Å². The van der Waals surface area contributed by atoms with Crippen molar-refractivity contribution < 1.29 is 0 Å². The summed E-state index contributed by atoms with van der Waals surface area (Å²) >= 11 is 0. The molecule has 0 saturated heterocycles. The summed E-state index contributed by atoms with van der Waals surface area (Å²) in [5, 5.41) is 0. The van der Waals surface area contributed by atoms with Crippen molar-refractivity contribution >= 4 is 21.7 Å². The molecule has 1 aromatic heterocycles. The van der Waals surface area contributed by atoms with Gasteiger partial charge in [-0.15, -0.1) is 0 Å². The molecule has 0 amide bonds. The van der Waals surface area contributed by atoms with Gasteiger partial charge in [-0.2, -0.15) is 0 Å². The average Bonchev–Trinajstić information content (AvgIpc) is 2.67. The molecule has 2 aromatic rings. The Morgan fingerprint density at radius 2 is 1.92 bits per heavy atom. The summed E-state index contributed by atoms with van der Waals surface area (Å²) in [4.78, 5) is 4.21. The van der Waals surface area contributed by atoms with Gasteiger partial charge < -0.3 is 4.98 Å². The van der Waals surface area contributed by atoms with Crippen LogP contribution in [0.1, 0.15) is 0 Å². The quantitative estimate of drug-likeness (QED) is 0.793. The molecular weight excluding hydrogens is 202 g/mol. The van der Waals surface area contributed by atoms with Gasteiger partial charge >= 0.3 is 0 Å². The van der Waals surface area contributed by atoms with Gasteiger partial charge in [-0.25, -0.2) is 0 Å². The minimum atomic E-state index is 1.04. The fourth-order valence-electron chi connectivity index (χ4n) is 1.20. The zero-order valence-electron chi connectivity index (χ0n) is 6.83. The monoisotopic (exact) mass is 209 g/mol. The van der Waals surface area contributed by atoms with Crippen molar-refractivity contribution in [1.82, 2.24) is 4.98 Å². The zero-order valence-corrected chi connectivity index (χ0v) is 8.40. The maximum Gasteiger partial charge on any atom is 0.0465 e. The second-order valence-electron chi connectivity index (χ2n) is 2.69. The van der Waals surface area contributed by atoms with Crippen molar-refractivity contribution in [3.05, 3.63) is 42.6 Å². The molecule has 0 unspecified atom stereocenters. The van der Waals surface area contributed by atoms with Crippen molar-refractivity contribution in [2.75, 3.05) is 0 Å². The van der Waals surface area contributed by atoms with Crippen LogP contribution in [-0.2, 0) is 0 Å². The van der Waals surface area contributed by atoms with Crippen LogP contribution in [0.15, 0.2) is 47.5 Å². The largest absolute Gasteiger partial charge is 0.360 e. The molecule has 0 radical (unpaired) electrons. The third kappa shape index (κ3) is 1.90. The van der Waals surface area contributed by atoms with Gasteiger partial charge in [0.2, 0.25) is 0 Å². The summed E-state index contributed by atoms with van der Waals surface area (Å²) in [6.07, 6.45) is 1.90. The molecule has 0 fully saturated rings. The summed E-state index contributed by atoms with van der Waals surface area (Å²) in [5.74, 6) is 0. The lowest BCUT2D eigenvalue weighted by Crippen LogP contribution is -1.73. The maximum absolute atomic E-state index is 5.62. The van der Waals surface area contributed by atoms with Crippen LogP contribution in [0.5, 0.6) is 0 Å². The third-order valence-electron chi connectivity index (χ3n) is 1.83. The summed E-state index contributed by atoms with van der Waals surface area (Å²) in [6.45, 7) is 0. The van der Waals surface area contributed by atoms with Crippen molar-refractivity contribution in [2.45, 2.75) is 4.90 Å². The number of rotatable bonds is 2. The standard InChI is InChI=1S/C10H8ClNS/c11-13-9-6-10(12-7-9)8-4-2-1-3-5-8/h1-7,12H. The molecule has 0 spiro atoms. The number of hydrogen-bond acceptors (Lipinski definition) is 1. The van der Waals surface area contributed by atoms with E-state index in [-0.39, 0.29) is 0 Å². The van der Waals surface area contributed by atoms with Gasteiger partial charge in [0.15, 0.2) is 0 Å². The SMILES string of the molecule is ClSc1c[nH]c(-c2ccccc2)c1. The van der Waals surface area contributed by atoms with E-state index in [1.807, 2.05) is 30.5 Å². The first-order valence-corrected chi connectivity index (χ1v) is 5.57. The second-order valence-corrected chi connectivity index (χ2v) is 3.78. The highest BCUT2D eigenvalue weighted by molar-refractivity contribution is 8.21. The highest BCUT2D eigenvalue weighted by atomic mass is 35.7. The summed E-state index contributed by atoms with van der Waals surface area (Å²) < 4.78 is 0. The van der Waals surface area contributed by atoms with Gasteiger partial charge in [0.25, 0.3) is 0 Å². The fraction of sp³-hybridized carbons (Fsp3) is 0. The molecule has 0 aliphatic heterocycles. The van der Waals surface area contributed by atoms with Gasteiger partial charge in [0.05, 0.1) is 0 Å². The van der Waals surface area contributed by atoms with Crippen molar-refractivity contribution in [3.63, 3.8) is 0 Å². The Labute approximate surface area is 85.6 Å². The van der Waals surface area contributed by atoms with Gasteiger partial charge in [-0.05, 0) is 33.3 Å². The van der Waals surface area contributed by atoms with E-state index in [1.165, 1.54) is 16.5 Å². The molecule has 1 heterocycles. The van der Waals surface area contributed by atoms with Gasteiger partial charge in [-0.1, -0.05) is 30.3 Å². The molecule has 0 bridgehead atoms. The van der Waals surface area contributed by atoms with Crippen LogP contribution in [0.3, 0.4) is 0 Å². The molecule has 1 N–H and O–H groups in total. The number of aromatic amines is 1. The first kappa shape index (κ1) is 8.73. The topological polar surface area (TPSA) is 15.8 Å². The Balaban J connectivity index is 2.36. The number of H-pyrrole nitrogens is 1. The van der Waals surface area contributed by atoms with Crippen LogP contribution in [-0.4, -0.2) is 4.98 Å². The van der Waals surface area contributed by atoms with Crippen LogP contribution in [0, 0.1) is 0 Å². The number of halogens is 1. The number of nitrogens with one attached hydrogen (secondary N) is 1. The number of benzene rings is 1. The molecule has 0 atom stereocenters. The van der Waals surface area contributed by atoms with Gasteiger partial charge in [0, 0.05) is 16.8 Å². The van der Waals surface area contributed by atoms with E-state index in [2.05, 4.69) is 17.1 Å². The van der Waals surface area contributed by atoms with E-state index in [4.69, 9.17) is 10.7 Å². The van der Waals surface area contributed by atoms with Gasteiger partial charge in [0.1, 0.15) is 0 Å². The number of hydrogen-bond donors (Lipinski definition) is 1. The molecule has 1 aromatic carbocycles. The molecule has 66 valence electrons. The van der Waals surface area contributed by atoms with E-state index >= 15 is 0 Å². The Morgan fingerprint density at radius 3 is 2.54 bits per heavy atom. The first-order chi connectivity index (χ1) is 6.40. The molecule has 13 heavy (non-hydrogen) atoms. The average molecular weight is 210 g/mol. The molecule has 1 nitrogen and oxygen atoms in total. The second kappa shape index (κ2) is 3.90. The lowest BCUT2D eigenvalue weighted by molar-refractivity contribution is 1.37. The molecule has 0 saturated carbocycles. The van der Waals surface area contributed by atoms with E-state index in [0.717, 1.165) is 10.6 Å². The van der Waals surface area contributed by atoms with Crippen molar-refractivity contribution in [3.8, 4) is 11.3 Å². The highest BCUT2D eigenvalue weighted by Gasteiger charge is 1.99. The molecule has 3 heteroatoms. The number of aromatic nitrogens is 1. The fourth-order valence-corrected chi connectivity index (χ4v) is 1.74. The molecule has 0 aliphatic rings. The maximum atomic E-state index is 5.62. The predicted molar refractivity (Wildman–Crippen MR) is 57.9 cm³/mol. The summed E-state index contributed by atoms with van der Waals surface area (Å²) in [5.41, 5.74) is 2.28. The molecule has 0 aliphatic carbocycles. The van der Waals surface area contributed by atoms with E-state index in [1.54, 1.807) is 0 Å². The molecular formula is C10H8ClNS. The van der Waals surface area contributed by atoms with Crippen molar-refractivity contribution in [2.24, 2.45) is 0 Å². The smallest absolute Gasteiger partial charge is 0.0465 e. The normalized spacial score (nSPS) is 10.2. The van der Waals surface area contributed by atoms with Crippen LogP contribution >= 0.6 is 21.7 Å². The summed E-state index contributed by atoms with van der Waals surface area (Å²) in [6, 6.07) is 12.2. The zero-order chi connectivity index (χ0) is 9.10. The third-order valence-corrected chi connectivity index (χ3v) is 2.78. The van der Waals surface area contributed by atoms with E-state index < -0.39 is 0 Å².